The van der Waals surface area contributed by atoms with Crippen LogP contribution in [0.15, 0.2) is 48.0 Å². The summed E-state index contributed by atoms with van der Waals surface area (Å²) in [4.78, 5) is 20.0. The highest BCUT2D eigenvalue weighted by Gasteiger charge is 2.18. The Kier molecular flexibility index (Phi) is 4.53. The Morgan fingerprint density at radius 1 is 1.35 bits per heavy atom. The van der Waals surface area contributed by atoms with E-state index in [0.29, 0.717) is 22.3 Å². The van der Waals surface area contributed by atoms with Gasteiger partial charge in [0.1, 0.15) is 10.6 Å². The van der Waals surface area contributed by atoms with Gasteiger partial charge in [0.15, 0.2) is 5.82 Å². The molecule has 5 heteroatoms. The normalized spacial score (nSPS) is 10.2. The van der Waals surface area contributed by atoms with E-state index in [1.165, 1.54) is 11.8 Å². The molecule has 0 aliphatic rings. The van der Waals surface area contributed by atoms with Gasteiger partial charge in [-0.3, -0.25) is 0 Å². The Bertz CT molecular complexity index is 642. The van der Waals surface area contributed by atoms with Gasteiger partial charge in [-0.15, -0.1) is 18.3 Å². The van der Waals surface area contributed by atoms with Gasteiger partial charge in [0.05, 0.1) is 5.69 Å². The maximum absolute atomic E-state index is 11.3. The topological polar surface area (TPSA) is 63.1 Å². The molecule has 1 N–H and O–H groups in total. The molecule has 0 aliphatic heterocycles. The molecule has 20 heavy (non-hydrogen) atoms. The molecule has 0 unspecified atom stereocenters. The van der Waals surface area contributed by atoms with E-state index in [4.69, 9.17) is 0 Å². The number of aromatic carboxylic acids is 1. The van der Waals surface area contributed by atoms with E-state index in [9.17, 15) is 9.90 Å². The molecule has 0 fully saturated rings. The fourth-order valence-corrected chi connectivity index (χ4v) is 2.56. The third-order valence-corrected chi connectivity index (χ3v) is 3.61. The van der Waals surface area contributed by atoms with Crippen LogP contribution in [0.3, 0.4) is 0 Å². The quantitative estimate of drug-likeness (QED) is 0.518. The van der Waals surface area contributed by atoms with Crippen LogP contribution in [0.4, 0.5) is 0 Å². The predicted octanol–water partition coefficient (Wildman–Crippen LogP) is 3.43. The second-order valence-electron chi connectivity index (χ2n) is 4.08. The molecule has 1 aromatic carbocycles. The van der Waals surface area contributed by atoms with Crippen molar-refractivity contribution in [2.75, 3.05) is 5.75 Å². The summed E-state index contributed by atoms with van der Waals surface area (Å²) in [5, 5.41) is 9.76. The highest BCUT2D eigenvalue weighted by atomic mass is 32.2. The van der Waals surface area contributed by atoms with E-state index >= 15 is 0 Å². The van der Waals surface area contributed by atoms with Crippen LogP contribution >= 0.6 is 11.8 Å². The highest BCUT2D eigenvalue weighted by Crippen LogP contribution is 2.26. The van der Waals surface area contributed by atoms with Gasteiger partial charge in [-0.1, -0.05) is 36.4 Å². The van der Waals surface area contributed by atoms with Gasteiger partial charge >= 0.3 is 5.97 Å². The number of carboxylic acid groups (broad SMARTS) is 1. The summed E-state index contributed by atoms with van der Waals surface area (Å²) in [5.41, 5.74) is 1.50. The van der Waals surface area contributed by atoms with Gasteiger partial charge in [-0.05, 0) is 6.92 Å². The second-order valence-corrected chi connectivity index (χ2v) is 5.09. The van der Waals surface area contributed by atoms with Crippen molar-refractivity contribution in [2.24, 2.45) is 0 Å². The van der Waals surface area contributed by atoms with Gasteiger partial charge in [-0.25, -0.2) is 14.8 Å². The molecule has 0 bridgehead atoms. The van der Waals surface area contributed by atoms with E-state index in [-0.39, 0.29) is 5.56 Å². The molecule has 0 spiro atoms. The molecule has 1 heterocycles. The Morgan fingerprint density at radius 2 is 2.05 bits per heavy atom. The summed E-state index contributed by atoms with van der Waals surface area (Å²) in [5.74, 6) is 0.138. The molecule has 0 saturated carbocycles. The van der Waals surface area contributed by atoms with Gasteiger partial charge < -0.3 is 5.11 Å². The van der Waals surface area contributed by atoms with Gasteiger partial charge in [-0.2, -0.15) is 0 Å². The summed E-state index contributed by atoms with van der Waals surface area (Å²) in [7, 11) is 0. The molecular formula is C15H14N2O2S. The minimum absolute atomic E-state index is 0.163. The SMILES string of the molecule is C=CCSc1nc(-c2ccccc2)nc(C)c1C(=O)O. The van der Waals surface area contributed by atoms with Crippen LogP contribution in [-0.2, 0) is 0 Å². The Hall–Kier alpha value is -2.14. The number of hydrogen-bond acceptors (Lipinski definition) is 4. The fourth-order valence-electron chi connectivity index (χ4n) is 1.75. The maximum Gasteiger partial charge on any atom is 0.340 e. The molecule has 0 radical (unpaired) electrons. The zero-order valence-corrected chi connectivity index (χ0v) is 11.9. The van der Waals surface area contributed by atoms with Gasteiger partial charge in [0, 0.05) is 11.3 Å². The summed E-state index contributed by atoms with van der Waals surface area (Å²) < 4.78 is 0. The van der Waals surface area contributed by atoms with Crippen molar-refractivity contribution < 1.29 is 9.90 Å². The second kappa shape index (κ2) is 6.34. The molecule has 0 saturated heterocycles. The molecule has 1 aromatic heterocycles. The largest absolute Gasteiger partial charge is 0.478 e. The number of carboxylic acids is 1. The van der Waals surface area contributed by atoms with E-state index in [1.54, 1.807) is 13.0 Å². The van der Waals surface area contributed by atoms with Crippen molar-refractivity contribution in [3.8, 4) is 11.4 Å². The average Bonchev–Trinajstić information content (AvgIpc) is 2.45. The number of nitrogens with zero attached hydrogens (tertiary/aromatic N) is 2. The van der Waals surface area contributed by atoms with Crippen molar-refractivity contribution in [2.45, 2.75) is 11.9 Å². The van der Waals surface area contributed by atoms with Crippen LogP contribution in [0, 0.1) is 6.92 Å². The highest BCUT2D eigenvalue weighted by molar-refractivity contribution is 7.99. The van der Waals surface area contributed by atoms with Crippen molar-refractivity contribution >= 4 is 17.7 Å². The maximum atomic E-state index is 11.3. The number of benzene rings is 1. The fraction of sp³-hybridized carbons (Fsp3) is 0.133. The van der Waals surface area contributed by atoms with Crippen molar-refractivity contribution in [3.05, 3.63) is 54.2 Å². The van der Waals surface area contributed by atoms with Crippen molar-refractivity contribution in [1.29, 1.82) is 0 Å². The number of aromatic nitrogens is 2. The molecule has 0 atom stereocenters. The molecule has 2 rings (SSSR count). The monoisotopic (exact) mass is 286 g/mol. The summed E-state index contributed by atoms with van der Waals surface area (Å²) in [6, 6.07) is 9.51. The zero-order valence-electron chi connectivity index (χ0n) is 11.0. The number of rotatable bonds is 5. The third kappa shape index (κ3) is 3.05. The molecule has 102 valence electrons. The van der Waals surface area contributed by atoms with Crippen LogP contribution in [0.5, 0.6) is 0 Å². The van der Waals surface area contributed by atoms with E-state index in [1.807, 2.05) is 30.3 Å². The standard InChI is InChI=1S/C15H14N2O2S/c1-3-9-20-14-12(15(18)19)10(2)16-13(17-14)11-7-5-4-6-8-11/h3-8H,1,9H2,2H3,(H,18,19). The van der Waals surface area contributed by atoms with Crippen LogP contribution < -0.4 is 0 Å². The predicted molar refractivity (Wildman–Crippen MR) is 80.1 cm³/mol. The minimum Gasteiger partial charge on any atom is -0.478 e. The number of hydrogen-bond donors (Lipinski definition) is 1. The van der Waals surface area contributed by atoms with E-state index < -0.39 is 5.97 Å². The molecule has 2 aromatic rings. The Morgan fingerprint density at radius 3 is 2.65 bits per heavy atom. The van der Waals surface area contributed by atoms with Crippen LogP contribution in [-0.4, -0.2) is 26.8 Å². The van der Waals surface area contributed by atoms with Crippen LogP contribution in [0.25, 0.3) is 11.4 Å². The number of thioether (sulfide) groups is 1. The lowest BCUT2D eigenvalue weighted by Gasteiger charge is -2.09. The molecule has 0 aliphatic carbocycles. The van der Waals surface area contributed by atoms with Gasteiger partial charge in [0.25, 0.3) is 0 Å². The van der Waals surface area contributed by atoms with Crippen LogP contribution in [0.1, 0.15) is 16.1 Å². The molecule has 0 amide bonds. The van der Waals surface area contributed by atoms with Crippen LogP contribution in [0.2, 0.25) is 0 Å². The van der Waals surface area contributed by atoms with Crippen molar-refractivity contribution in [3.63, 3.8) is 0 Å². The number of aryl methyl sites for hydroxylation is 1. The lowest BCUT2D eigenvalue weighted by atomic mass is 10.2. The lowest BCUT2D eigenvalue weighted by Crippen LogP contribution is -2.08. The molecule has 4 nitrogen and oxygen atoms in total. The lowest BCUT2D eigenvalue weighted by molar-refractivity contribution is 0.0691. The minimum atomic E-state index is -1.01. The Balaban J connectivity index is 2.54. The Labute approximate surface area is 121 Å². The molecular weight excluding hydrogens is 272 g/mol. The third-order valence-electron chi connectivity index (χ3n) is 2.64. The first-order chi connectivity index (χ1) is 9.63. The van der Waals surface area contributed by atoms with E-state index in [2.05, 4.69) is 16.5 Å². The smallest absolute Gasteiger partial charge is 0.340 e. The average molecular weight is 286 g/mol. The number of carbonyl (C=O) groups is 1. The summed E-state index contributed by atoms with van der Waals surface area (Å²) in [6.45, 7) is 5.33. The van der Waals surface area contributed by atoms with E-state index in [0.717, 1.165) is 5.56 Å². The summed E-state index contributed by atoms with van der Waals surface area (Å²) in [6.07, 6.45) is 1.72. The first kappa shape index (κ1) is 14.3. The van der Waals surface area contributed by atoms with Gasteiger partial charge in [0.2, 0.25) is 0 Å². The first-order valence-electron chi connectivity index (χ1n) is 6.04. The summed E-state index contributed by atoms with van der Waals surface area (Å²) >= 11 is 1.35. The van der Waals surface area contributed by atoms with Crippen molar-refractivity contribution in [1.82, 2.24) is 9.97 Å². The first-order valence-corrected chi connectivity index (χ1v) is 7.03. The zero-order chi connectivity index (χ0) is 14.5.